The topological polar surface area (TPSA) is 52.6 Å². The maximum absolute atomic E-state index is 11.3. The summed E-state index contributed by atoms with van der Waals surface area (Å²) in [5, 5.41) is 12.9. The number of carbonyl (C=O) groups excluding carboxylic acids is 1. The zero-order valence-corrected chi connectivity index (χ0v) is 10.7. The average Bonchev–Trinajstić information content (AvgIpc) is 2.29. The summed E-state index contributed by atoms with van der Waals surface area (Å²) in [7, 11) is 3.49. The second-order valence-corrected chi connectivity index (χ2v) is 4.30. The number of amides is 1. The number of nitrogens with zero attached hydrogens (tertiary/aromatic N) is 1. The molecule has 1 aromatic carbocycles. The number of hydrogen-bond acceptors (Lipinski definition) is 3. The van der Waals surface area contributed by atoms with E-state index < -0.39 is 0 Å². The monoisotopic (exact) mass is 236 g/mol. The van der Waals surface area contributed by atoms with Crippen LogP contribution in [0.25, 0.3) is 0 Å². The van der Waals surface area contributed by atoms with Gasteiger partial charge < -0.3 is 15.3 Å². The summed E-state index contributed by atoms with van der Waals surface area (Å²) in [6.07, 6.45) is 0.472. The van der Waals surface area contributed by atoms with Gasteiger partial charge in [-0.3, -0.25) is 4.79 Å². The SMILES string of the molecule is Cc1cccc(CNCCC(=O)N(C)C)c1O. The molecule has 1 amide bonds. The molecule has 0 fully saturated rings. The summed E-state index contributed by atoms with van der Waals surface area (Å²) in [5.74, 6) is 0.435. The Kier molecular flexibility index (Phi) is 4.97. The fourth-order valence-corrected chi connectivity index (χ4v) is 1.50. The highest BCUT2D eigenvalue weighted by atomic mass is 16.3. The Hall–Kier alpha value is -1.55. The molecule has 0 aromatic heterocycles. The molecule has 2 N–H and O–H groups in total. The van der Waals surface area contributed by atoms with Crippen LogP contribution in [0.1, 0.15) is 17.5 Å². The highest BCUT2D eigenvalue weighted by Gasteiger charge is 2.05. The molecule has 94 valence electrons. The largest absolute Gasteiger partial charge is 0.507 e. The van der Waals surface area contributed by atoms with E-state index in [1.165, 1.54) is 0 Å². The summed E-state index contributed by atoms with van der Waals surface area (Å²) in [6, 6.07) is 5.66. The smallest absolute Gasteiger partial charge is 0.223 e. The maximum atomic E-state index is 11.3. The summed E-state index contributed by atoms with van der Waals surface area (Å²) in [4.78, 5) is 12.9. The number of nitrogens with one attached hydrogen (secondary N) is 1. The van der Waals surface area contributed by atoms with Crippen LogP contribution in [-0.4, -0.2) is 36.6 Å². The Labute approximate surface area is 102 Å². The third-order valence-electron chi connectivity index (χ3n) is 2.65. The molecule has 0 saturated carbocycles. The van der Waals surface area contributed by atoms with Crippen LogP contribution in [0.2, 0.25) is 0 Å². The predicted molar refractivity (Wildman–Crippen MR) is 67.9 cm³/mol. The van der Waals surface area contributed by atoms with Crippen molar-refractivity contribution in [3.05, 3.63) is 29.3 Å². The number of aryl methyl sites for hydroxylation is 1. The van der Waals surface area contributed by atoms with Crippen molar-refractivity contribution >= 4 is 5.91 Å². The zero-order valence-electron chi connectivity index (χ0n) is 10.7. The van der Waals surface area contributed by atoms with Gasteiger partial charge in [-0.1, -0.05) is 18.2 Å². The van der Waals surface area contributed by atoms with Gasteiger partial charge in [0.15, 0.2) is 0 Å². The van der Waals surface area contributed by atoms with E-state index in [1.807, 2.05) is 25.1 Å². The summed E-state index contributed by atoms with van der Waals surface area (Å²) < 4.78 is 0. The van der Waals surface area contributed by atoms with Gasteiger partial charge in [-0.05, 0) is 12.5 Å². The standard InChI is InChI=1S/C13H20N2O2/c1-10-5-4-6-11(13(10)17)9-14-8-7-12(16)15(2)3/h4-6,14,17H,7-9H2,1-3H3. The van der Waals surface area contributed by atoms with Crippen molar-refractivity contribution in [2.45, 2.75) is 19.9 Å². The van der Waals surface area contributed by atoms with Crippen LogP contribution in [0.3, 0.4) is 0 Å². The lowest BCUT2D eigenvalue weighted by atomic mass is 10.1. The molecule has 4 nitrogen and oxygen atoms in total. The number of hydrogen-bond donors (Lipinski definition) is 2. The molecule has 0 unspecified atom stereocenters. The Balaban J connectivity index is 2.36. The molecule has 0 spiro atoms. The van der Waals surface area contributed by atoms with Gasteiger partial charge in [-0.2, -0.15) is 0 Å². The van der Waals surface area contributed by atoms with E-state index in [4.69, 9.17) is 0 Å². The number of para-hydroxylation sites is 1. The van der Waals surface area contributed by atoms with Gasteiger partial charge >= 0.3 is 0 Å². The second-order valence-electron chi connectivity index (χ2n) is 4.30. The van der Waals surface area contributed by atoms with Crippen molar-refractivity contribution < 1.29 is 9.90 Å². The lowest BCUT2D eigenvalue weighted by Crippen LogP contribution is -2.26. The molecular weight excluding hydrogens is 216 g/mol. The molecule has 1 rings (SSSR count). The van der Waals surface area contributed by atoms with Crippen molar-refractivity contribution in [1.82, 2.24) is 10.2 Å². The molecule has 17 heavy (non-hydrogen) atoms. The van der Waals surface area contributed by atoms with E-state index in [0.29, 0.717) is 25.3 Å². The van der Waals surface area contributed by atoms with Gasteiger partial charge in [0.1, 0.15) is 5.75 Å². The van der Waals surface area contributed by atoms with Gasteiger partial charge in [0.25, 0.3) is 0 Å². The lowest BCUT2D eigenvalue weighted by Gasteiger charge is -2.11. The quantitative estimate of drug-likeness (QED) is 0.757. The molecule has 0 bridgehead atoms. The molecule has 0 aliphatic heterocycles. The van der Waals surface area contributed by atoms with Gasteiger partial charge in [0.05, 0.1) is 0 Å². The van der Waals surface area contributed by atoms with Crippen LogP contribution >= 0.6 is 0 Å². The van der Waals surface area contributed by atoms with Crippen LogP contribution in [0.4, 0.5) is 0 Å². The minimum absolute atomic E-state index is 0.103. The number of carbonyl (C=O) groups is 1. The first-order chi connectivity index (χ1) is 8.02. The van der Waals surface area contributed by atoms with Gasteiger partial charge in [0.2, 0.25) is 5.91 Å². The van der Waals surface area contributed by atoms with Crippen LogP contribution in [0, 0.1) is 6.92 Å². The maximum Gasteiger partial charge on any atom is 0.223 e. The summed E-state index contributed by atoms with van der Waals surface area (Å²) >= 11 is 0. The van der Waals surface area contributed by atoms with Gasteiger partial charge in [-0.15, -0.1) is 0 Å². The fraction of sp³-hybridized carbons (Fsp3) is 0.462. The number of phenols is 1. The molecular formula is C13H20N2O2. The highest BCUT2D eigenvalue weighted by molar-refractivity contribution is 5.75. The first kappa shape index (κ1) is 13.5. The Morgan fingerprint density at radius 1 is 1.41 bits per heavy atom. The van der Waals surface area contributed by atoms with Crippen LogP contribution < -0.4 is 5.32 Å². The van der Waals surface area contributed by atoms with Crippen LogP contribution in [0.5, 0.6) is 5.75 Å². The molecule has 0 heterocycles. The Morgan fingerprint density at radius 2 is 2.12 bits per heavy atom. The van der Waals surface area contributed by atoms with E-state index in [1.54, 1.807) is 19.0 Å². The van der Waals surface area contributed by atoms with Crippen molar-refractivity contribution in [3.63, 3.8) is 0 Å². The van der Waals surface area contributed by atoms with Gasteiger partial charge in [-0.25, -0.2) is 0 Å². The first-order valence-electron chi connectivity index (χ1n) is 5.70. The third kappa shape index (κ3) is 4.07. The molecule has 4 heteroatoms. The number of aromatic hydroxyl groups is 1. The van der Waals surface area contributed by atoms with E-state index in [0.717, 1.165) is 11.1 Å². The predicted octanol–water partition coefficient (Wildman–Crippen LogP) is 1.27. The minimum Gasteiger partial charge on any atom is -0.507 e. The molecule has 1 aromatic rings. The molecule has 0 aliphatic rings. The van der Waals surface area contributed by atoms with Crippen molar-refractivity contribution in [2.75, 3.05) is 20.6 Å². The molecule has 0 saturated heterocycles. The van der Waals surface area contributed by atoms with E-state index >= 15 is 0 Å². The van der Waals surface area contributed by atoms with Crippen molar-refractivity contribution in [3.8, 4) is 5.75 Å². The molecule has 0 radical (unpaired) electrons. The normalized spacial score (nSPS) is 10.3. The molecule has 0 atom stereocenters. The molecule has 0 aliphatic carbocycles. The van der Waals surface area contributed by atoms with E-state index in [9.17, 15) is 9.90 Å². The Bertz CT molecular complexity index is 389. The van der Waals surface area contributed by atoms with Gasteiger partial charge in [0, 0.05) is 39.2 Å². The van der Waals surface area contributed by atoms with E-state index in [-0.39, 0.29) is 5.91 Å². The number of rotatable bonds is 5. The second kappa shape index (κ2) is 6.25. The minimum atomic E-state index is 0.103. The van der Waals surface area contributed by atoms with Crippen LogP contribution in [-0.2, 0) is 11.3 Å². The highest BCUT2D eigenvalue weighted by Crippen LogP contribution is 2.20. The number of phenolic OH excluding ortho intramolecular Hbond substituents is 1. The summed E-state index contributed by atoms with van der Waals surface area (Å²) in [6.45, 7) is 3.06. The first-order valence-corrected chi connectivity index (χ1v) is 5.70. The van der Waals surface area contributed by atoms with E-state index in [2.05, 4.69) is 5.32 Å². The van der Waals surface area contributed by atoms with Crippen LogP contribution in [0.15, 0.2) is 18.2 Å². The average molecular weight is 236 g/mol. The summed E-state index contributed by atoms with van der Waals surface area (Å²) in [5.41, 5.74) is 1.73. The van der Waals surface area contributed by atoms with Crippen molar-refractivity contribution in [2.24, 2.45) is 0 Å². The number of benzene rings is 1. The van der Waals surface area contributed by atoms with Crippen molar-refractivity contribution in [1.29, 1.82) is 0 Å². The lowest BCUT2D eigenvalue weighted by molar-refractivity contribution is -0.128. The Morgan fingerprint density at radius 3 is 2.76 bits per heavy atom. The zero-order chi connectivity index (χ0) is 12.8. The third-order valence-corrected chi connectivity index (χ3v) is 2.65. The fourth-order valence-electron chi connectivity index (χ4n) is 1.50.